The zero-order valence-electron chi connectivity index (χ0n) is 25.6. The minimum absolute atomic E-state index is 0.0181. The minimum Gasteiger partial charge on any atom is -0.352 e. The van der Waals surface area contributed by atoms with Gasteiger partial charge in [0.25, 0.3) is 10.0 Å². The fourth-order valence-corrected chi connectivity index (χ4v) is 7.60. The number of benzene rings is 4. The second-order valence-corrected chi connectivity index (χ2v) is 14.3. The number of anilines is 1. The number of sulfonamides is 1. The first kappa shape index (κ1) is 33.5. The molecule has 1 aliphatic carbocycles. The minimum atomic E-state index is -4.17. The van der Waals surface area contributed by atoms with E-state index in [-0.39, 0.29) is 29.8 Å². The first-order valence-electron chi connectivity index (χ1n) is 15.3. The van der Waals surface area contributed by atoms with Gasteiger partial charge < -0.3 is 10.2 Å². The third-order valence-electron chi connectivity index (χ3n) is 8.26. The Morgan fingerprint density at radius 1 is 0.870 bits per heavy atom. The van der Waals surface area contributed by atoms with E-state index >= 15 is 0 Å². The van der Waals surface area contributed by atoms with Crippen LogP contribution in [0.1, 0.15) is 42.4 Å². The average Bonchev–Trinajstić information content (AvgIpc) is 3.56. The van der Waals surface area contributed by atoms with Crippen LogP contribution >= 0.6 is 23.2 Å². The number of carbonyl (C=O) groups is 2. The number of amides is 2. The number of halogens is 2. The van der Waals surface area contributed by atoms with Gasteiger partial charge in [-0.1, -0.05) is 108 Å². The summed E-state index contributed by atoms with van der Waals surface area (Å²) in [5.74, 6) is -0.838. The van der Waals surface area contributed by atoms with Gasteiger partial charge in [0.15, 0.2) is 0 Å². The van der Waals surface area contributed by atoms with E-state index in [2.05, 4.69) is 5.32 Å². The standard InChI is InChI=1S/C36H37Cl2N3O4S/c1-26-16-20-32(21-17-26)46(44,45)41(31-14-6-3-7-15-31)25-35(42)40(24-28-18-19-29(37)23-33(28)38)34(22-27-10-4-2-5-11-27)36(43)39-30-12-8-9-13-30/h2-7,10-11,14-21,23,30,34H,8-9,12-13,22,24-25H2,1H3,(H,39,43)/t34-/m1/s1. The molecule has 240 valence electrons. The molecule has 7 nitrogen and oxygen atoms in total. The van der Waals surface area contributed by atoms with Crippen LogP contribution in [0.5, 0.6) is 0 Å². The van der Waals surface area contributed by atoms with Crippen molar-refractivity contribution in [2.45, 2.75) is 62.6 Å². The Kier molecular flexibility index (Phi) is 11.0. The molecule has 1 fully saturated rings. The van der Waals surface area contributed by atoms with Gasteiger partial charge in [-0.2, -0.15) is 0 Å². The van der Waals surface area contributed by atoms with E-state index in [0.29, 0.717) is 21.3 Å². The summed E-state index contributed by atoms with van der Waals surface area (Å²) in [7, 11) is -4.17. The number of hydrogen-bond donors (Lipinski definition) is 1. The van der Waals surface area contributed by atoms with E-state index in [1.165, 1.54) is 17.0 Å². The van der Waals surface area contributed by atoms with Crippen molar-refractivity contribution < 1.29 is 18.0 Å². The van der Waals surface area contributed by atoms with Crippen LogP contribution in [0.2, 0.25) is 10.0 Å². The van der Waals surface area contributed by atoms with Crippen molar-refractivity contribution in [1.29, 1.82) is 0 Å². The molecule has 2 amide bonds. The smallest absolute Gasteiger partial charge is 0.264 e. The molecule has 0 saturated heterocycles. The summed E-state index contributed by atoms with van der Waals surface area (Å²) >= 11 is 12.8. The molecule has 10 heteroatoms. The Morgan fingerprint density at radius 3 is 2.13 bits per heavy atom. The van der Waals surface area contributed by atoms with Crippen molar-refractivity contribution in [3.63, 3.8) is 0 Å². The van der Waals surface area contributed by atoms with Gasteiger partial charge >= 0.3 is 0 Å². The zero-order chi connectivity index (χ0) is 32.7. The number of para-hydroxylation sites is 1. The van der Waals surface area contributed by atoms with E-state index in [0.717, 1.165) is 41.1 Å². The van der Waals surface area contributed by atoms with Gasteiger partial charge in [-0.15, -0.1) is 0 Å². The predicted molar refractivity (Wildman–Crippen MR) is 183 cm³/mol. The van der Waals surface area contributed by atoms with Crippen LogP contribution in [0.3, 0.4) is 0 Å². The third-order valence-corrected chi connectivity index (χ3v) is 10.6. The molecule has 1 aliphatic rings. The van der Waals surface area contributed by atoms with Crippen LogP contribution in [-0.2, 0) is 32.6 Å². The molecule has 0 heterocycles. The quantitative estimate of drug-likeness (QED) is 0.172. The highest BCUT2D eigenvalue weighted by atomic mass is 35.5. The predicted octanol–water partition coefficient (Wildman–Crippen LogP) is 7.20. The Labute approximate surface area is 281 Å². The van der Waals surface area contributed by atoms with Gasteiger partial charge in [0.1, 0.15) is 12.6 Å². The second-order valence-electron chi connectivity index (χ2n) is 11.6. The number of nitrogens with zero attached hydrogens (tertiary/aromatic N) is 2. The van der Waals surface area contributed by atoms with Crippen LogP contribution in [0.4, 0.5) is 5.69 Å². The molecule has 1 saturated carbocycles. The fourth-order valence-electron chi connectivity index (χ4n) is 5.72. The van der Waals surface area contributed by atoms with Gasteiger partial charge in [0.05, 0.1) is 10.6 Å². The molecule has 1 atom stereocenters. The van der Waals surface area contributed by atoms with Crippen molar-refractivity contribution in [3.05, 3.63) is 130 Å². The normalized spacial score (nSPS) is 14.1. The van der Waals surface area contributed by atoms with E-state index in [9.17, 15) is 18.0 Å². The number of rotatable bonds is 12. The monoisotopic (exact) mass is 677 g/mol. The molecule has 1 N–H and O–H groups in total. The second kappa shape index (κ2) is 15.2. The first-order valence-corrected chi connectivity index (χ1v) is 17.5. The fraction of sp³-hybridized carbons (Fsp3) is 0.278. The lowest BCUT2D eigenvalue weighted by atomic mass is 10.0. The summed E-state index contributed by atoms with van der Waals surface area (Å²) in [5, 5.41) is 3.95. The number of aryl methyl sites for hydroxylation is 1. The van der Waals surface area contributed by atoms with E-state index in [1.54, 1.807) is 60.7 Å². The highest BCUT2D eigenvalue weighted by molar-refractivity contribution is 7.92. The maximum Gasteiger partial charge on any atom is 0.264 e. The maximum absolute atomic E-state index is 14.6. The largest absolute Gasteiger partial charge is 0.352 e. The van der Waals surface area contributed by atoms with Crippen LogP contribution < -0.4 is 9.62 Å². The van der Waals surface area contributed by atoms with Gasteiger partial charge in [0.2, 0.25) is 11.8 Å². The van der Waals surface area contributed by atoms with Crippen molar-refractivity contribution in [1.82, 2.24) is 10.2 Å². The molecule has 46 heavy (non-hydrogen) atoms. The molecule has 5 rings (SSSR count). The van der Waals surface area contributed by atoms with Crippen molar-refractivity contribution in [2.24, 2.45) is 0 Å². The number of hydrogen-bond acceptors (Lipinski definition) is 4. The highest BCUT2D eigenvalue weighted by Gasteiger charge is 2.35. The Morgan fingerprint density at radius 2 is 1.50 bits per heavy atom. The summed E-state index contributed by atoms with van der Waals surface area (Å²) in [6.45, 7) is 1.31. The van der Waals surface area contributed by atoms with Crippen LogP contribution in [0.15, 0.2) is 108 Å². The molecule has 0 unspecified atom stereocenters. The molecule has 0 aromatic heterocycles. The summed E-state index contributed by atoms with van der Waals surface area (Å²) in [6, 6.07) is 28.5. The number of nitrogens with one attached hydrogen (secondary N) is 1. The molecule has 0 spiro atoms. The lowest BCUT2D eigenvalue weighted by molar-refractivity contribution is -0.140. The summed E-state index contributed by atoms with van der Waals surface area (Å²) < 4.78 is 29.3. The SMILES string of the molecule is Cc1ccc(S(=O)(=O)N(CC(=O)N(Cc2ccc(Cl)cc2Cl)[C@H](Cc2ccccc2)C(=O)NC2CCCC2)c2ccccc2)cc1. The summed E-state index contributed by atoms with van der Waals surface area (Å²) in [5.41, 5.74) is 2.68. The van der Waals surface area contributed by atoms with Crippen LogP contribution in [-0.4, -0.2) is 43.8 Å². The van der Waals surface area contributed by atoms with E-state index in [4.69, 9.17) is 23.2 Å². The van der Waals surface area contributed by atoms with Gasteiger partial charge in [-0.05, 0) is 67.3 Å². The Balaban J connectivity index is 1.57. The van der Waals surface area contributed by atoms with Gasteiger partial charge in [-0.3, -0.25) is 13.9 Å². The van der Waals surface area contributed by atoms with Crippen molar-refractivity contribution >= 4 is 50.7 Å². The van der Waals surface area contributed by atoms with Crippen LogP contribution in [0, 0.1) is 6.92 Å². The topological polar surface area (TPSA) is 86.8 Å². The first-order chi connectivity index (χ1) is 22.1. The zero-order valence-corrected chi connectivity index (χ0v) is 27.9. The van der Waals surface area contributed by atoms with Crippen molar-refractivity contribution in [2.75, 3.05) is 10.8 Å². The van der Waals surface area contributed by atoms with E-state index < -0.39 is 28.5 Å². The molecule has 0 bridgehead atoms. The Bertz CT molecular complexity index is 1750. The Hall–Kier alpha value is -3.85. The maximum atomic E-state index is 14.6. The lowest BCUT2D eigenvalue weighted by Gasteiger charge is -2.34. The molecule has 4 aromatic carbocycles. The molecular weight excluding hydrogens is 641 g/mol. The molecule has 0 radical (unpaired) electrons. The van der Waals surface area contributed by atoms with Gasteiger partial charge in [-0.25, -0.2) is 8.42 Å². The molecule has 4 aromatic rings. The number of carbonyl (C=O) groups excluding carboxylic acids is 2. The average molecular weight is 679 g/mol. The highest BCUT2D eigenvalue weighted by Crippen LogP contribution is 2.28. The van der Waals surface area contributed by atoms with Crippen molar-refractivity contribution in [3.8, 4) is 0 Å². The molecular formula is C36H37Cl2N3O4S. The molecule has 0 aliphatic heterocycles. The van der Waals surface area contributed by atoms with E-state index in [1.807, 2.05) is 37.3 Å². The third kappa shape index (κ3) is 8.29. The lowest BCUT2D eigenvalue weighted by Crippen LogP contribution is -2.54. The van der Waals surface area contributed by atoms with Gasteiger partial charge in [0, 0.05) is 29.1 Å². The summed E-state index contributed by atoms with van der Waals surface area (Å²) in [6.07, 6.45) is 4.03. The van der Waals surface area contributed by atoms with Crippen LogP contribution in [0.25, 0.3) is 0 Å². The summed E-state index contributed by atoms with van der Waals surface area (Å²) in [4.78, 5) is 30.2.